The summed E-state index contributed by atoms with van der Waals surface area (Å²) in [5.74, 6) is -0.149. The summed E-state index contributed by atoms with van der Waals surface area (Å²) in [6.07, 6.45) is 3.07. The van der Waals surface area contributed by atoms with E-state index >= 15 is 0 Å². The lowest BCUT2D eigenvalue weighted by Crippen LogP contribution is -2.55. The fourth-order valence-electron chi connectivity index (χ4n) is 3.22. The van der Waals surface area contributed by atoms with Crippen LogP contribution in [0.25, 0.3) is 11.0 Å². The molecule has 1 aromatic carbocycles. The number of primary amides is 1. The van der Waals surface area contributed by atoms with E-state index in [1.165, 1.54) is 0 Å². The molecular formula is C18H22N4O2. The molecule has 0 bridgehead atoms. The van der Waals surface area contributed by atoms with Crippen LogP contribution >= 0.6 is 0 Å². The standard InChI is InChI=1S/C18H22N4O2/c1-17(2,24)18(3,15(20)23)16-21-13-8-7-11(10-19)9-14(13)22(16)12-5-4-6-12/h7-9,12,24H,4-6H2,1-3H3,(H2,20,23). The van der Waals surface area contributed by atoms with Gasteiger partial charge in [-0.3, -0.25) is 4.79 Å². The van der Waals surface area contributed by atoms with Crippen molar-refractivity contribution in [3.63, 3.8) is 0 Å². The number of nitriles is 1. The van der Waals surface area contributed by atoms with Gasteiger partial charge in [-0.15, -0.1) is 0 Å². The first kappa shape index (κ1) is 16.5. The highest BCUT2D eigenvalue weighted by Gasteiger charge is 2.51. The Bertz CT molecular complexity index is 852. The number of hydrogen-bond acceptors (Lipinski definition) is 4. The average molecular weight is 326 g/mol. The van der Waals surface area contributed by atoms with Gasteiger partial charge in [-0.1, -0.05) is 0 Å². The summed E-state index contributed by atoms with van der Waals surface area (Å²) >= 11 is 0. The number of rotatable bonds is 4. The molecule has 3 rings (SSSR count). The summed E-state index contributed by atoms with van der Waals surface area (Å²) in [5, 5.41) is 19.9. The second-order valence-corrected chi connectivity index (χ2v) is 7.25. The first-order valence-electron chi connectivity index (χ1n) is 8.15. The smallest absolute Gasteiger partial charge is 0.233 e. The van der Waals surface area contributed by atoms with Crippen molar-refractivity contribution in [1.82, 2.24) is 9.55 Å². The number of fused-ring (bicyclic) bond motifs is 1. The third-order valence-electron chi connectivity index (χ3n) is 5.42. The highest BCUT2D eigenvalue weighted by atomic mass is 16.3. The molecule has 1 heterocycles. The van der Waals surface area contributed by atoms with Gasteiger partial charge in [-0.2, -0.15) is 5.26 Å². The zero-order chi connectivity index (χ0) is 17.7. The van der Waals surface area contributed by atoms with Crippen molar-refractivity contribution >= 4 is 16.9 Å². The third kappa shape index (κ3) is 2.20. The lowest BCUT2D eigenvalue weighted by Gasteiger charge is -2.39. The molecule has 1 aromatic heterocycles. The Morgan fingerprint density at radius 3 is 2.54 bits per heavy atom. The normalized spacial score (nSPS) is 18.0. The van der Waals surface area contributed by atoms with E-state index in [-0.39, 0.29) is 6.04 Å². The minimum Gasteiger partial charge on any atom is -0.389 e. The van der Waals surface area contributed by atoms with Crippen LogP contribution in [0, 0.1) is 11.3 Å². The van der Waals surface area contributed by atoms with Crippen molar-refractivity contribution in [3.8, 4) is 6.07 Å². The van der Waals surface area contributed by atoms with E-state index in [0.29, 0.717) is 16.9 Å². The molecule has 126 valence electrons. The molecule has 2 aromatic rings. The molecule has 24 heavy (non-hydrogen) atoms. The van der Waals surface area contributed by atoms with Crippen LogP contribution in [0.4, 0.5) is 0 Å². The highest BCUT2D eigenvalue weighted by molar-refractivity contribution is 5.89. The molecule has 1 atom stereocenters. The van der Waals surface area contributed by atoms with Crippen molar-refractivity contribution in [3.05, 3.63) is 29.6 Å². The predicted octanol–water partition coefficient (Wildman–Crippen LogP) is 2.15. The molecule has 0 spiro atoms. The van der Waals surface area contributed by atoms with E-state index in [0.717, 1.165) is 24.8 Å². The second kappa shape index (κ2) is 5.32. The minimum atomic E-state index is -1.38. The molecule has 3 N–H and O–H groups in total. The van der Waals surface area contributed by atoms with Gasteiger partial charge in [0.15, 0.2) is 0 Å². The molecule has 6 nitrogen and oxygen atoms in total. The SMILES string of the molecule is CC(C)(O)C(C)(C(N)=O)c1nc2ccc(C#N)cc2n1C1CCC1. The molecule has 1 saturated carbocycles. The Morgan fingerprint density at radius 1 is 1.42 bits per heavy atom. The zero-order valence-electron chi connectivity index (χ0n) is 14.2. The fourth-order valence-corrected chi connectivity index (χ4v) is 3.22. The van der Waals surface area contributed by atoms with E-state index in [1.807, 2.05) is 4.57 Å². The first-order chi connectivity index (χ1) is 11.2. The molecule has 0 radical (unpaired) electrons. The molecular weight excluding hydrogens is 304 g/mol. The van der Waals surface area contributed by atoms with Gasteiger partial charge in [0.25, 0.3) is 0 Å². The Kier molecular flexibility index (Phi) is 3.65. The molecule has 0 saturated heterocycles. The molecule has 0 aliphatic heterocycles. The number of nitrogens with zero attached hydrogens (tertiary/aromatic N) is 3. The van der Waals surface area contributed by atoms with Gasteiger partial charge in [-0.05, 0) is 58.2 Å². The monoisotopic (exact) mass is 326 g/mol. The van der Waals surface area contributed by atoms with E-state index in [9.17, 15) is 15.2 Å². The Morgan fingerprint density at radius 2 is 2.08 bits per heavy atom. The number of hydrogen-bond donors (Lipinski definition) is 2. The number of aromatic nitrogens is 2. The van der Waals surface area contributed by atoms with Crippen LogP contribution < -0.4 is 5.73 Å². The number of imidazole rings is 1. The maximum absolute atomic E-state index is 12.3. The second-order valence-electron chi connectivity index (χ2n) is 7.25. The van der Waals surface area contributed by atoms with Crippen LogP contribution in [0.2, 0.25) is 0 Å². The number of nitrogens with two attached hydrogens (primary N) is 1. The maximum atomic E-state index is 12.3. The number of carbonyl (C=O) groups is 1. The quantitative estimate of drug-likeness (QED) is 0.898. The summed E-state index contributed by atoms with van der Waals surface area (Å²) in [4.78, 5) is 16.9. The van der Waals surface area contributed by atoms with Gasteiger partial charge in [0.2, 0.25) is 5.91 Å². The number of carbonyl (C=O) groups excluding carboxylic acids is 1. The number of amides is 1. The molecule has 1 aliphatic rings. The van der Waals surface area contributed by atoms with Gasteiger partial charge in [0.05, 0.1) is 28.3 Å². The molecule has 6 heteroatoms. The number of benzene rings is 1. The van der Waals surface area contributed by atoms with E-state index in [2.05, 4.69) is 11.1 Å². The van der Waals surface area contributed by atoms with Crippen molar-refractivity contribution in [2.24, 2.45) is 5.73 Å². The van der Waals surface area contributed by atoms with E-state index in [1.54, 1.807) is 39.0 Å². The molecule has 1 amide bonds. The van der Waals surface area contributed by atoms with E-state index in [4.69, 9.17) is 5.73 Å². The maximum Gasteiger partial charge on any atom is 0.233 e. The van der Waals surface area contributed by atoms with Crippen molar-refractivity contribution in [2.75, 3.05) is 0 Å². The van der Waals surface area contributed by atoms with Crippen LogP contribution in [-0.4, -0.2) is 26.2 Å². The summed E-state index contributed by atoms with van der Waals surface area (Å²) in [6, 6.07) is 7.62. The highest BCUT2D eigenvalue weighted by Crippen LogP contribution is 2.42. The zero-order valence-corrected chi connectivity index (χ0v) is 14.2. The first-order valence-corrected chi connectivity index (χ1v) is 8.15. The van der Waals surface area contributed by atoms with Crippen LogP contribution in [0.3, 0.4) is 0 Å². The topological polar surface area (TPSA) is 105 Å². The van der Waals surface area contributed by atoms with Crippen LogP contribution in [0.15, 0.2) is 18.2 Å². The van der Waals surface area contributed by atoms with Gasteiger partial charge in [0.1, 0.15) is 11.2 Å². The minimum absolute atomic E-state index is 0.208. The van der Waals surface area contributed by atoms with Crippen molar-refractivity contribution in [1.29, 1.82) is 5.26 Å². The lowest BCUT2D eigenvalue weighted by atomic mass is 9.73. The third-order valence-corrected chi connectivity index (χ3v) is 5.42. The largest absolute Gasteiger partial charge is 0.389 e. The molecule has 1 unspecified atom stereocenters. The number of aliphatic hydroxyl groups is 1. The van der Waals surface area contributed by atoms with Crippen molar-refractivity contribution < 1.29 is 9.90 Å². The molecule has 1 aliphatic carbocycles. The van der Waals surface area contributed by atoms with E-state index < -0.39 is 16.9 Å². The van der Waals surface area contributed by atoms with Crippen LogP contribution in [-0.2, 0) is 10.2 Å². The van der Waals surface area contributed by atoms with Crippen LogP contribution in [0.5, 0.6) is 0 Å². The van der Waals surface area contributed by atoms with Gasteiger partial charge < -0.3 is 15.4 Å². The van der Waals surface area contributed by atoms with Gasteiger partial charge in [0, 0.05) is 6.04 Å². The fraction of sp³-hybridized carbons (Fsp3) is 0.500. The molecule has 1 fully saturated rings. The lowest BCUT2D eigenvalue weighted by molar-refractivity contribution is -0.132. The van der Waals surface area contributed by atoms with Gasteiger partial charge in [-0.25, -0.2) is 4.98 Å². The summed E-state index contributed by atoms with van der Waals surface area (Å²) in [5.41, 5.74) is 5.03. The summed E-state index contributed by atoms with van der Waals surface area (Å²) in [6.45, 7) is 4.78. The van der Waals surface area contributed by atoms with Crippen LogP contribution in [0.1, 0.15) is 57.5 Å². The predicted molar refractivity (Wildman–Crippen MR) is 90.2 cm³/mol. The Labute approximate surface area is 140 Å². The Balaban J connectivity index is 2.35. The summed E-state index contributed by atoms with van der Waals surface area (Å²) in [7, 11) is 0. The summed E-state index contributed by atoms with van der Waals surface area (Å²) < 4.78 is 2.00. The Hall–Kier alpha value is -2.39. The van der Waals surface area contributed by atoms with Gasteiger partial charge >= 0.3 is 0 Å². The van der Waals surface area contributed by atoms with Crippen molar-refractivity contribution in [2.45, 2.75) is 57.1 Å². The average Bonchev–Trinajstić information content (AvgIpc) is 2.82.